The van der Waals surface area contributed by atoms with Crippen LogP contribution in [0.3, 0.4) is 0 Å². The first kappa shape index (κ1) is 16.4. The molecule has 1 heterocycles. The van der Waals surface area contributed by atoms with Crippen molar-refractivity contribution in [3.05, 3.63) is 22.8 Å². The summed E-state index contributed by atoms with van der Waals surface area (Å²) in [6.07, 6.45) is 7.17. The molecular weight excluding hydrogens is 308 g/mol. The molecule has 0 saturated heterocycles. The minimum absolute atomic E-state index is 0.176. The van der Waals surface area contributed by atoms with Crippen LogP contribution in [0, 0.1) is 0 Å². The number of pyridine rings is 1. The number of nitrogens with zero attached hydrogens (tertiary/aromatic N) is 1. The van der Waals surface area contributed by atoms with E-state index < -0.39 is 0 Å². The Kier molecular flexibility index (Phi) is 8.02. The number of halogens is 1. The number of aromatic nitrogens is 1. The Morgan fingerprint density at radius 2 is 2.32 bits per heavy atom. The van der Waals surface area contributed by atoms with Gasteiger partial charge in [0.25, 0.3) is 0 Å². The summed E-state index contributed by atoms with van der Waals surface area (Å²) in [4.78, 5) is 4.11. The number of hydrogen-bond donors (Lipinski definition) is 2. The van der Waals surface area contributed by atoms with Gasteiger partial charge in [-0.25, -0.2) is 4.98 Å². The highest BCUT2D eigenvalue weighted by molar-refractivity contribution is 9.10. The fourth-order valence-corrected chi connectivity index (χ4v) is 1.82. The van der Waals surface area contributed by atoms with Crippen LogP contribution in [0.2, 0.25) is 0 Å². The van der Waals surface area contributed by atoms with Crippen molar-refractivity contribution in [1.82, 2.24) is 4.98 Å². The quantitative estimate of drug-likeness (QED) is 0.870. The third-order valence-electron chi connectivity index (χ3n) is 3.01. The zero-order chi connectivity index (χ0) is 14.1. The van der Waals surface area contributed by atoms with E-state index in [1.807, 2.05) is 19.1 Å². The van der Waals surface area contributed by atoms with Crippen molar-refractivity contribution in [2.45, 2.75) is 51.2 Å². The molecule has 1 aliphatic carbocycles. The van der Waals surface area contributed by atoms with Crippen LogP contribution in [0.25, 0.3) is 0 Å². The topological polar surface area (TPSA) is 68.4 Å². The predicted molar refractivity (Wildman–Crippen MR) is 80.2 cm³/mol. The number of rotatable bonds is 5. The Hall–Kier alpha value is -0.650. The molecule has 1 atom stereocenters. The van der Waals surface area contributed by atoms with E-state index in [1.54, 1.807) is 6.20 Å². The van der Waals surface area contributed by atoms with Gasteiger partial charge in [-0.1, -0.05) is 22.9 Å². The summed E-state index contributed by atoms with van der Waals surface area (Å²) in [6, 6.07) is 3.80. The van der Waals surface area contributed by atoms with E-state index in [-0.39, 0.29) is 6.10 Å². The lowest BCUT2D eigenvalue weighted by atomic mass is 9.96. The first-order valence-electron chi connectivity index (χ1n) is 6.82. The van der Waals surface area contributed by atoms with Gasteiger partial charge in [0.1, 0.15) is 6.10 Å². The second-order valence-corrected chi connectivity index (χ2v) is 5.54. The van der Waals surface area contributed by atoms with Gasteiger partial charge in [-0.05, 0) is 44.7 Å². The fourth-order valence-electron chi connectivity index (χ4n) is 1.51. The molecule has 1 aromatic heterocycles. The van der Waals surface area contributed by atoms with Crippen LogP contribution < -0.4 is 10.5 Å². The standard InChI is InChI=1S/C9H10BrNO.C5H13NO/c10-7-4-5-11-9(6-7)12-8-2-1-3-8;1-2-5(7)3-4-6/h4-6,8H,1-3H2;5,7H,2-4,6H2,1H3. The van der Waals surface area contributed by atoms with E-state index in [1.165, 1.54) is 19.3 Å². The van der Waals surface area contributed by atoms with Gasteiger partial charge >= 0.3 is 0 Å². The van der Waals surface area contributed by atoms with E-state index in [0.717, 1.165) is 23.2 Å². The van der Waals surface area contributed by atoms with Gasteiger partial charge in [-0.2, -0.15) is 0 Å². The molecule has 1 unspecified atom stereocenters. The molecule has 0 aromatic carbocycles. The van der Waals surface area contributed by atoms with E-state index in [0.29, 0.717) is 12.6 Å². The molecule has 1 aromatic rings. The molecule has 1 fully saturated rings. The highest BCUT2D eigenvalue weighted by atomic mass is 79.9. The summed E-state index contributed by atoms with van der Waals surface area (Å²) in [5.41, 5.74) is 5.14. The fraction of sp³-hybridized carbons (Fsp3) is 0.643. The summed E-state index contributed by atoms with van der Waals surface area (Å²) in [7, 11) is 0. The van der Waals surface area contributed by atoms with Crippen molar-refractivity contribution in [1.29, 1.82) is 0 Å². The molecule has 0 aliphatic heterocycles. The van der Waals surface area contributed by atoms with Gasteiger partial charge in [0.15, 0.2) is 0 Å². The summed E-state index contributed by atoms with van der Waals surface area (Å²) >= 11 is 3.37. The maximum Gasteiger partial charge on any atom is 0.214 e. The van der Waals surface area contributed by atoms with Crippen LogP contribution in [0.1, 0.15) is 39.0 Å². The van der Waals surface area contributed by atoms with Gasteiger partial charge in [0.2, 0.25) is 5.88 Å². The van der Waals surface area contributed by atoms with Crippen LogP contribution in [0.15, 0.2) is 22.8 Å². The molecular formula is C14H23BrN2O2. The van der Waals surface area contributed by atoms with Gasteiger partial charge in [0, 0.05) is 16.7 Å². The molecule has 0 amide bonds. The molecule has 4 nitrogen and oxygen atoms in total. The van der Waals surface area contributed by atoms with Crippen LogP contribution in [-0.2, 0) is 0 Å². The van der Waals surface area contributed by atoms with Crippen LogP contribution in [-0.4, -0.2) is 28.8 Å². The van der Waals surface area contributed by atoms with Crippen LogP contribution >= 0.6 is 15.9 Å². The van der Waals surface area contributed by atoms with Crippen LogP contribution in [0.4, 0.5) is 0 Å². The molecule has 1 saturated carbocycles. The monoisotopic (exact) mass is 330 g/mol. The molecule has 0 radical (unpaired) electrons. The first-order valence-corrected chi connectivity index (χ1v) is 7.61. The number of aliphatic hydroxyl groups excluding tert-OH is 1. The smallest absolute Gasteiger partial charge is 0.214 e. The van der Waals surface area contributed by atoms with E-state index >= 15 is 0 Å². The predicted octanol–water partition coefficient (Wildman–Crippen LogP) is 2.88. The zero-order valence-corrected chi connectivity index (χ0v) is 13.0. The third kappa shape index (κ3) is 6.89. The average molecular weight is 331 g/mol. The molecule has 19 heavy (non-hydrogen) atoms. The maximum absolute atomic E-state index is 8.78. The first-order chi connectivity index (χ1) is 9.15. The highest BCUT2D eigenvalue weighted by Crippen LogP contribution is 2.24. The molecule has 5 heteroatoms. The summed E-state index contributed by atoms with van der Waals surface area (Å²) in [5, 5.41) is 8.78. The third-order valence-corrected chi connectivity index (χ3v) is 3.50. The Bertz CT molecular complexity index is 359. The Labute approximate surface area is 123 Å². The minimum atomic E-state index is -0.176. The Morgan fingerprint density at radius 3 is 2.74 bits per heavy atom. The van der Waals surface area contributed by atoms with Crippen molar-refractivity contribution in [2.24, 2.45) is 5.73 Å². The van der Waals surface area contributed by atoms with Crippen molar-refractivity contribution < 1.29 is 9.84 Å². The Morgan fingerprint density at radius 1 is 1.58 bits per heavy atom. The Balaban J connectivity index is 0.000000224. The van der Waals surface area contributed by atoms with Crippen molar-refractivity contribution >= 4 is 15.9 Å². The summed E-state index contributed by atoms with van der Waals surface area (Å²) in [5.74, 6) is 0.731. The second kappa shape index (κ2) is 9.28. The van der Waals surface area contributed by atoms with Gasteiger partial charge in [-0.3, -0.25) is 0 Å². The lowest BCUT2D eigenvalue weighted by Crippen LogP contribution is -2.24. The van der Waals surface area contributed by atoms with Crippen molar-refractivity contribution in [3.63, 3.8) is 0 Å². The molecule has 1 aliphatic rings. The largest absolute Gasteiger partial charge is 0.474 e. The molecule has 0 spiro atoms. The number of aliphatic hydroxyl groups is 1. The number of ether oxygens (including phenoxy) is 1. The average Bonchev–Trinajstić information content (AvgIpc) is 2.35. The molecule has 2 rings (SSSR count). The minimum Gasteiger partial charge on any atom is -0.474 e. The van der Waals surface area contributed by atoms with Crippen molar-refractivity contribution in [2.75, 3.05) is 6.54 Å². The highest BCUT2D eigenvalue weighted by Gasteiger charge is 2.19. The lowest BCUT2D eigenvalue weighted by molar-refractivity contribution is 0.114. The number of hydrogen-bond acceptors (Lipinski definition) is 4. The van der Waals surface area contributed by atoms with E-state index in [9.17, 15) is 0 Å². The lowest BCUT2D eigenvalue weighted by Gasteiger charge is -2.25. The zero-order valence-electron chi connectivity index (χ0n) is 11.4. The SMILES string of the molecule is Brc1ccnc(OC2CCC2)c1.CCC(O)CCN. The van der Waals surface area contributed by atoms with Gasteiger partial charge in [-0.15, -0.1) is 0 Å². The van der Waals surface area contributed by atoms with Crippen molar-refractivity contribution in [3.8, 4) is 5.88 Å². The number of nitrogens with two attached hydrogens (primary N) is 1. The normalized spacial score (nSPS) is 16.0. The summed E-state index contributed by atoms with van der Waals surface area (Å²) < 4.78 is 6.61. The van der Waals surface area contributed by atoms with E-state index in [2.05, 4.69) is 20.9 Å². The maximum atomic E-state index is 8.78. The van der Waals surface area contributed by atoms with Crippen LogP contribution in [0.5, 0.6) is 5.88 Å². The van der Waals surface area contributed by atoms with Gasteiger partial charge in [0.05, 0.1) is 6.10 Å². The molecule has 0 bridgehead atoms. The summed E-state index contributed by atoms with van der Waals surface area (Å²) in [6.45, 7) is 2.54. The van der Waals surface area contributed by atoms with Gasteiger partial charge < -0.3 is 15.6 Å². The van der Waals surface area contributed by atoms with E-state index in [4.69, 9.17) is 15.6 Å². The second-order valence-electron chi connectivity index (χ2n) is 4.62. The molecule has 108 valence electrons. The molecule has 3 N–H and O–H groups in total.